The van der Waals surface area contributed by atoms with Crippen molar-refractivity contribution in [3.05, 3.63) is 0 Å². The molecule has 0 radical (unpaired) electrons. The molecule has 0 aliphatic carbocycles. The Labute approximate surface area is 85.9 Å². The zero-order valence-electron chi connectivity index (χ0n) is 6.74. The fraction of sp³-hybridized carbons (Fsp3) is 0.875. The summed E-state index contributed by atoms with van der Waals surface area (Å²) in [4.78, 5) is 0. The predicted molar refractivity (Wildman–Crippen MR) is 53.0 cm³/mol. The first-order valence-corrected chi connectivity index (χ1v) is 5.56. The van der Waals surface area contributed by atoms with Crippen molar-refractivity contribution in [1.29, 1.82) is 5.26 Å². The highest BCUT2D eigenvalue weighted by Gasteiger charge is 2.30. The highest BCUT2D eigenvalue weighted by Crippen LogP contribution is 2.26. The van der Waals surface area contributed by atoms with Crippen LogP contribution in [-0.4, -0.2) is 28.3 Å². The number of hydrogen-bond donors (Lipinski definition) is 1. The molecule has 0 unspecified atom stereocenters. The number of aliphatic hydroxyl groups is 1. The number of rotatable bonds is 3. The molecule has 1 N–H and O–H groups in total. The van der Waals surface area contributed by atoms with E-state index < -0.39 is 0 Å². The fourth-order valence-electron chi connectivity index (χ4n) is 1.38. The van der Waals surface area contributed by atoms with Gasteiger partial charge in [-0.15, -0.1) is 0 Å². The molecular weight excluding hydrogens is 269 g/mol. The van der Waals surface area contributed by atoms with Gasteiger partial charge >= 0.3 is 0 Å². The number of halogens is 1. The lowest BCUT2D eigenvalue weighted by molar-refractivity contribution is 0.0217. The van der Waals surface area contributed by atoms with E-state index in [0.29, 0.717) is 0 Å². The van der Waals surface area contributed by atoms with Crippen molar-refractivity contribution >= 4 is 22.6 Å². The van der Waals surface area contributed by atoms with E-state index in [9.17, 15) is 0 Å². The number of nitrogens with zero attached hydrogens (tertiary/aromatic N) is 1. The molecule has 1 fully saturated rings. The molecule has 3 nitrogen and oxygen atoms in total. The standard InChI is InChI=1S/C8H12INO2/c9-3-7-1-2-8(12-7)6(4-10)5-11/h6-8,11H,1-3,5H2/t6-,7-,8-/m0/s1. The zero-order valence-corrected chi connectivity index (χ0v) is 8.90. The van der Waals surface area contributed by atoms with E-state index in [-0.39, 0.29) is 24.7 Å². The average molecular weight is 281 g/mol. The van der Waals surface area contributed by atoms with Crippen LogP contribution in [0.4, 0.5) is 0 Å². The van der Waals surface area contributed by atoms with Gasteiger partial charge in [0.05, 0.1) is 30.8 Å². The van der Waals surface area contributed by atoms with Crippen LogP contribution in [0.5, 0.6) is 0 Å². The number of ether oxygens (including phenoxy) is 1. The van der Waals surface area contributed by atoms with Crippen LogP contribution in [0, 0.1) is 17.2 Å². The van der Waals surface area contributed by atoms with Crippen molar-refractivity contribution in [1.82, 2.24) is 0 Å². The third-order valence-electron chi connectivity index (χ3n) is 2.12. The minimum Gasteiger partial charge on any atom is -0.395 e. The Morgan fingerprint density at radius 3 is 2.83 bits per heavy atom. The molecule has 1 aliphatic heterocycles. The first kappa shape index (κ1) is 10.2. The summed E-state index contributed by atoms with van der Waals surface area (Å²) in [6, 6.07) is 2.06. The monoisotopic (exact) mass is 281 g/mol. The first-order valence-electron chi connectivity index (χ1n) is 4.03. The molecule has 4 heteroatoms. The smallest absolute Gasteiger partial charge is 0.0955 e. The van der Waals surface area contributed by atoms with E-state index in [1.54, 1.807) is 0 Å². The van der Waals surface area contributed by atoms with Crippen LogP contribution in [0.25, 0.3) is 0 Å². The molecule has 12 heavy (non-hydrogen) atoms. The Kier molecular flexibility index (Phi) is 4.26. The van der Waals surface area contributed by atoms with Gasteiger partial charge in [0.1, 0.15) is 0 Å². The van der Waals surface area contributed by atoms with Gasteiger partial charge < -0.3 is 9.84 Å². The van der Waals surface area contributed by atoms with Crippen LogP contribution < -0.4 is 0 Å². The van der Waals surface area contributed by atoms with Crippen molar-refractivity contribution < 1.29 is 9.84 Å². The van der Waals surface area contributed by atoms with E-state index in [2.05, 4.69) is 28.7 Å². The molecule has 1 heterocycles. The maximum Gasteiger partial charge on any atom is 0.0955 e. The van der Waals surface area contributed by atoms with E-state index in [0.717, 1.165) is 17.3 Å². The minimum absolute atomic E-state index is 0.0419. The summed E-state index contributed by atoms with van der Waals surface area (Å²) in [7, 11) is 0. The van der Waals surface area contributed by atoms with Gasteiger partial charge in [0.15, 0.2) is 0 Å². The summed E-state index contributed by atoms with van der Waals surface area (Å²) >= 11 is 2.28. The van der Waals surface area contributed by atoms with Crippen molar-refractivity contribution in [3.8, 4) is 6.07 Å². The molecule has 0 amide bonds. The topological polar surface area (TPSA) is 53.2 Å². The number of alkyl halides is 1. The SMILES string of the molecule is N#C[C@@H](CO)[C@@H]1CC[C@@H](CI)O1. The summed E-state index contributed by atoms with van der Waals surface area (Å²) < 4.78 is 6.53. The van der Waals surface area contributed by atoms with E-state index >= 15 is 0 Å². The molecule has 1 aliphatic rings. The van der Waals surface area contributed by atoms with Gasteiger partial charge in [0, 0.05) is 4.43 Å². The Balaban J connectivity index is 2.40. The average Bonchev–Trinajstić information content (AvgIpc) is 2.55. The highest BCUT2D eigenvalue weighted by atomic mass is 127. The fourth-order valence-corrected chi connectivity index (χ4v) is 2.03. The molecular formula is C8H12INO2. The van der Waals surface area contributed by atoms with Gasteiger partial charge in [-0.3, -0.25) is 0 Å². The van der Waals surface area contributed by atoms with Gasteiger partial charge in [-0.2, -0.15) is 5.26 Å². The maximum atomic E-state index is 8.84. The lowest BCUT2D eigenvalue weighted by atomic mass is 10.0. The summed E-state index contributed by atoms with van der Waals surface area (Å²) in [5.74, 6) is -0.335. The van der Waals surface area contributed by atoms with Crippen molar-refractivity contribution in [3.63, 3.8) is 0 Å². The molecule has 3 atom stereocenters. The molecule has 1 saturated heterocycles. The Morgan fingerprint density at radius 1 is 1.67 bits per heavy atom. The normalized spacial score (nSPS) is 31.4. The lowest BCUT2D eigenvalue weighted by Gasteiger charge is -2.14. The molecule has 0 spiro atoms. The van der Waals surface area contributed by atoms with Crippen LogP contribution >= 0.6 is 22.6 Å². The van der Waals surface area contributed by atoms with Crippen molar-refractivity contribution in [2.45, 2.75) is 25.0 Å². The zero-order chi connectivity index (χ0) is 8.97. The second-order valence-electron chi connectivity index (χ2n) is 2.95. The van der Waals surface area contributed by atoms with Crippen LogP contribution in [0.2, 0.25) is 0 Å². The quantitative estimate of drug-likeness (QED) is 0.622. The Morgan fingerprint density at radius 2 is 2.42 bits per heavy atom. The van der Waals surface area contributed by atoms with Gasteiger partial charge in [0.25, 0.3) is 0 Å². The minimum atomic E-state index is -0.335. The molecule has 68 valence electrons. The molecule has 0 bridgehead atoms. The highest BCUT2D eigenvalue weighted by molar-refractivity contribution is 14.1. The summed E-state index contributed by atoms with van der Waals surface area (Å²) in [6.45, 7) is -0.0882. The van der Waals surface area contributed by atoms with Crippen molar-refractivity contribution in [2.75, 3.05) is 11.0 Å². The van der Waals surface area contributed by atoms with E-state index in [4.69, 9.17) is 15.1 Å². The number of nitriles is 1. The number of hydrogen-bond acceptors (Lipinski definition) is 3. The molecule has 0 aromatic rings. The summed E-state index contributed by atoms with van der Waals surface area (Å²) in [6.07, 6.45) is 2.18. The second kappa shape index (κ2) is 5.00. The lowest BCUT2D eigenvalue weighted by Crippen LogP contribution is -2.23. The Bertz CT molecular complexity index is 180. The van der Waals surface area contributed by atoms with Crippen molar-refractivity contribution in [2.24, 2.45) is 5.92 Å². The molecule has 0 aromatic carbocycles. The molecule has 1 rings (SSSR count). The molecule has 0 saturated carbocycles. The van der Waals surface area contributed by atoms with Crippen LogP contribution in [0.3, 0.4) is 0 Å². The number of aliphatic hydroxyl groups excluding tert-OH is 1. The molecule has 0 aromatic heterocycles. The maximum absolute atomic E-state index is 8.84. The largest absolute Gasteiger partial charge is 0.395 e. The van der Waals surface area contributed by atoms with Crippen LogP contribution in [-0.2, 0) is 4.74 Å². The summed E-state index contributed by atoms with van der Waals surface area (Å²) in [5, 5.41) is 17.5. The van der Waals surface area contributed by atoms with Crippen LogP contribution in [0.1, 0.15) is 12.8 Å². The third kappa shape index (κ3) is 2.31. The van der Waals surface area contributed by atoms with Gasteiger partial charge in [-0.05, 0) is 12.8 Å². The van der Waals surface area contributed by atoms with Gasteiger partial charge in [-0.1, -0.05) is 22.6 Å². The van der Waals surface area contributed by atoms with Gasteiger partial charge in [-0.25, -0.2) is 0 Å². The predicted octanol–water partition coefficient (Wildman–Crippen LogP) is 1.10. The van der Waals surface area contributed by atoms with Crippen LogP contribution in [0.15, 0.2) is 0 Å². The van der Waals surface area contributed by atoms with Gasteiger partial charge in [0.2, 0.25) is 0 Å². The first-order chi connectivity index (χ1) is 5.81. The van der Waals surface area contributed by atoms with E-state index in [1.165, 1.54) is 0 Å². The second-order valence-corrected chi connectivity index (χ2v) is 3.83. The summed E-state index contributed by atoms with van der Waals surface area (Å²) in [5.41, 5.74) is 0. The Hall–Kier alpha value is 0.140. The third-order valence-corrected chi connectivity index (χ3v) is 3.11. The van der Waals surface area contributed by atoms with E-state index in [1.807, 2.05) is 0 Å².